The van der Waals surface area contributed by atoms with Crippen molar-refractivity contribution in [2.75, 3.05) is 7.11 Å². The predicted molar refractivity (Wildman–Crippen MR) is 127 cm³/mol. The van der Waals surface area contributed by atoms with Crippen molar-refractivity contribution in [1.82, 2.24) is 0 Å². The normalized spacial score (nSPS) is 14.1. The van der Waals surface area contributed by atoms with Crippen LogP contribution in [0.5, 0.6) is 0 Å². The molecule has 1 atom stereocenters. The number of carbonyl (C=O) groups is 2. The Labute approximate surface area is 211 Å². The standard InChI is InChI=1S/C27H23ClF3NO4/c1-36-27(34)17-6-4-16(5-7-17)13-23(33)20(12-15-2-3-15)22-11-8-18(14-32(22)35)24-19(26(30)31)9-10-21(28)25(24)29/h4-11,14-15,20,26H,2-3,12-13H2,1H3. The zero-order chi connectivity index (χ0) is 26.0. The number of alkyl halides is 2. The lowest BCUT2D eigenvalue weighted by Crippen LogP contribution is -2.36. The highest BCUT2D eigenvalue weighted by Gasteiger charge is 2.35. The average Bonchev–Trinajstić information content (AvgIpc) is 3.68. The summed E-state index contributed by atoms with van der Waals surface area (Å²) in [6, 6.07) is 11.3. The van der Waals surface area contributed by atoms with Gasteiger partial charge in [-0.3, -0.25) is 4.79 Å². The van der Waals surface area contributed by atoms with Gasteiger partial charge in [0.1, 0.15) is 11.7 Å². The van der Waals surface area contributed by atoms with Crippen LogP contribution in [0.2, 0.25) is 5.02 Å². The third kappa shape index (κ3) is 5.54. The van der Waals surface area contributed by atoms with E-state index < -0.39 is 35.3 Å². The zero-order valence-electron chi connectivity index (χ0n) is 19.3. The van der Waals surface area contributed by atoms with E-state index in [2.05, 4.69) is 4.74 Å². The summed E-state index contributed by atoms with van der Waals surface area (Å²) in [5, 5.41) is 12.7. The molecule has 5 nitrogen and oxygen atoms in total. The Balaban J connectivity index is 1.64. The lowest BCUT2D eigenvalue weighted by atomic mass is 9.89. The molecule has 1 saturated carbocycles. The van der Waals surface area contributed by atoms with Gasteiger partial charge in [0.15, 0.2) is 12.0 Å². The first-order valence-electron chi connectivity index (χ1n) is 11.4. The van der Waals surface area contributed by atoms with Gasteiger partial charge in [0, 0.05) is 23.6 Å². The predicted octanol–water partition coefficient (Wildman–Crippen LogP) is 6.20. The first-order chi connectivity index (χ1) is 17.2. The fraction of sp³-hybridized carbons (Fsp3) is 0.296. The van der Waals surface area contributed by atoms with Crippen molar-refractivity contribution in [3.8, 4) is 11.1 Å². The Morgan fingerprint density at radius 2 is 1.81 bits per heavy atom. The maximum Gasteiger partial charge on any atom is 0.337 e. The van der Waals surface area contributed by atoms with E-state index in [0.29, 0.717) is 28.2 Å². The highest BCUT2D eigenvalue weighted by atomic mass is 35.5. The molecule has 36 heavy (non-hydrogen) atoms. The molecule has 0 spiro atoms. The minimum Gasteiger partial charge on any atom is -0.618 e. The molecule has 0 N–H and O–H groups in total. The molecule has 1 fully saturated rings. The molecular weight excluding hydrogens is 495 g/mol. The molecule has 0 aliphatic heterocycles. The molecule has 0 radical (unpaired) electrons. The Kier molecular flexibility index (Phi) is 7.64. The molecule has 9 heteroatoms. The van der Waals surface area contributed by atoms with Crippen LogP contribution in [0.1, 0.15) is 58.8 Å². The molecule has 188 valence electrons. The second-order valence-corrected chi connectivity index (χ2v) is 9.27. The van der Waals surface area contributed by atoms with E-state index in [9.17, 15) is 28.0 Å². The summed E-state index contributed by atoms with van der Waals surface area (Å²) in [7, 11) is 1.28. The van der Waals surface area contributed by atoms with Crippen molar-refractivity contribution in [3.05, 3.63) is 93.2 Å². The van der Waals surface area contributed by atoms with Crippen LogP contribution in [0.25, 0.3) is 11.1 Å². The minimum absolute atomic E-state index is 0.0407. The van der Waals surface area contributed by atoms with Gasteiger partial charge in [-0.2, -0.15) is 4.73 Å². The van der Waals surface area contributed by atoms with Crippen LogP contribution in [0.15, 0.2) is 54.7 Å². The molecule has 3 aromatic rings. The number of aromatic nitrogens is 1. The topological polar surface area (TPSA) is 70.3 Å². The number of hydrogen-bond donors (Lipinski definition) is 0. The first-order valence-corrected chi connectivity index (χ1v) is 11.8. The van der Waals surface area contributed by atoms with Crippen molar-refractivity contribution in [2.45, 2.75) is 38.0 Å². The van der Waals surface area contributed by atoms with Gasteiger partial charge in [0.25, 0.3) is 6.43 Å². The summed E-state index contributed by atoms with van der Waals surface area (Å²) in [6.07, 6.45) is 0.475. The number of carbonyl (C=O) groups excluding carboxylic acids is 2. The van der Waals surface area contributed by atoms with Crippen LogP contribution in [0.3, 0.4) is 0 Å². The second kappa shape index (κ2) is 10.7. The molecule has 0 saturated heterocycles. The molecule has 1 heterocycles. The van der Waals surface area contributed by atoms with Crippen LogP contribution in [0.4, 0.5) is 13.2 Å². The third-order valence-corrected chi connectivity index (χ3v) is 6.65. The van der Waals surface area contributed by atoms with Gasteiger partial charge in [0.05, 0.1) is 23.3 Å². The molecule has 1 aliphatic rings. The number of Topliss-reactive ketones (excluding diaryl/α,β-unsaturated/α-hetero) is 1. The van der Waals surface area contributed by atoms with E-state index in [-0.39, 0.29) is 28.5 Å². The van der Waals surface area contributed by atoms with Gasteiger partial charge in [-0.15, -0.1) is 0 Å². The van der Waals surface area contributed by atoms with Crippen molar-refractivity contribution in [2.24, 2.45) is 5.92 Å². The minimum atomic E-state index is -2.97. The van der Waals surface area contributed by atoms with Gasteiger partial charge in [-0.25, -0.2) is 18.0 Å². The number of halogens is 4. The van der Waals surface area contributed by atoms with Crippen LogP contribution < -0.4 is 4.73 Å². The molecular formula is C27H23ClF3NO4. The Morgan fingerprint density at radius 1 is 1.11 bits per heavy atom. The number of benzene rings is 2. The number of hydrogen-bond acceptors (Lipinski definition) is 4. The average molecular weight is 518 g/mol. The van der Waals surface area contributed by atoms with Gasteiger partial charge in [-0.1, -0.05) is 42.6 Å². The van der Waals surface area contributed by atoms with Gasteiger partial charge < -0.3 is 9.94 Å². The third-order valence-electron chi connectivity index (χ3n) is 6.36. The SMILES string of the molecule is COC(=O)c1ccc(CC(=O)C(CC2CC2)c2ccc(-c3c(C(F)F)ccc(Cl)c3F)c[n+]2[O-])cc1. The maximum atomic E-state index is 14.7. The van der Waals surface area contributed by atoms with Crippen molar-refractivity contribution >= 4 is 23.4 Å². The molecule has 4 rings (SSSR count). The summed E-state index contributed by atoms with van der Waals surface area (Å²) in [6.45, 7) is 0. The van der Waals surface area contributed by atoms with E-state index in [1.807, 2.05) is 0 Å². The molecule has 0 amide bonds. The van der Waals surface area contributed by atoms with E-state index in [1.165, 1.54) is 19.2 Å². The molecule has 1 aromatic heterocycles. The van der Waals surface area contributed by atoms with E-state index >= 15 is 0 Å². The highest BCUT2D eigenvalue weighted by Crippen LogP contribution is 2.40. The summed E-state index contributed by atoms with van der Waals surface area (Å²) in [5.41, 5.74) is 0.121. The smallest absolute Gasteiger partial charge is 0.337 e. The van der Waals surface area contributed by atoms with E-state index in [1.54, 1.807) is 24.3 Å². The molecule has 0 bridgehead atoms. The van der Waals surface area contributed by atoms with E-state index in [4.69, 9.17) is 11.6 Å². The number of ether oxygens (including phenoxy) is 1. The number of esters is 1. The molecule has 1 aliphatic carbocycles. The van der Waals surface area contributed by atoms with Crippen LogP contribution >= 0.6 is 11.6 Å². The van der Waals surface area contributed by atoms with Crippen molar-refractivity contribution in [1.29, 1.82) is 0 Å². The van der Waals surface area contributed by atoms with Crippen molar-refractivity contribution < 1.29 is 32.2 Å². The number of nitrogens with zero attached hydrogens (tertiary/aromatic N) is 1. The van der Waals surface area contributed by atoms with Crippen molar-refractivity contribution in [3.63, 3.8) is 0 Å². The second-order valence-electron chi connectivity index (χ2n) is 8.86. The summed E-state index contributed by atoms with van der Waals surface area (Å²) < 4.78 is 46.9. The quantitative estimate of drug-likeness (QED) is 0.192. The number of methoxy groups -OCH3 is 1. The van der Waals surface area contributed by atoms with Gasteiger partial charge in [-0.05, 0) is 42.2 Å². The number of rotatable bonds is 9. The lowest BCUT2D eigenvalue weighted by Gasteiger charge is -2.17. The molecule has 2 aromatic carbocycles. The molecule has 1 unspecified atom stereocenters. The fourth-order valence-corrected chi connectivity index (χ4v) is 4.41. The largest absolute Gasteiger partial charge is 0.618 e. The number of ketones is 1. The fourth-order valence-electron chi connectivity index (χ4n) is 4.26. The Bertz CT molecular complexity index is 1290. The number of pyridine rings is 1. The Hall–Kier alpha value is -3.39. The highest BCUT2D eigenvalue weighted by molar-refractivity contribution is 6.31. The monoisotopic (exact) mass is 517 g/mol. The summed E-state index contributed by atoms with van der Waals surface area (Å²) >= 11 is 5.80. The first kappa shape index (κ1) is 25.7. The Morgan fingerprint density at radius 3 is 2.39 bits per heavy atom. The van der Waals surface area contributed by atoms with Crippen LogP contribution in [-0.4, -0.2) is 18.9 Å². The lowest BCUT2D eigenvalue weighted by molar-refractivity contribution is -0.614. The zero-order valence-corrected chi connectivity index (χ0v) is 20.1. The van der Waals surface area contributed by atoms with Gasteiger partial charge >= 0.3 is 5.97 Å². The van der Waals surface area contributed by atoms with Gasteiger partial charge in [0.2, 0.25) is 5.69 Å². The van der Waals surface area contributed by atoms with E-state index in [0.717, 1.165) is 31.2 Å². The van der Waals surface area contributed by atoms with Crippen LogP contribution in [-0.2, 0) is 16.0 Å². The summed E-state index contributed by atoms with van der Waals surface area (Å²) in [5.74, 6) is -2.12. The summed E-state index contributed by atoms with van der Waals surface area (Å²) in [4.78, 5) is 24.9. The maximum absolute atomic E-state index is 14.7. The van der Waals surface area contributed by atoms with Crippen LogP contribution in [0, 0.1) is 16.9 Å².